The molecule has 0 aliphatic heterocycles. The maximum Gasteiger partial charge on any atom is 0.263 e. The molecule has 0 spiro atoms. The average Bonchev–Trinajstić information content (AvgIpc) is 3.30. The van der Waals surface area contributed by atoms with Crippen molar-refractivity contribution in [2.75, 3.05) is 6.61 Å². The molecule has 1 N–H and O–H groups in total. The summed E-state index contributed by atoms with van der Waals surface area (Å²) < 4.78 is 7.56. The number of aromatic nitrogens is 2. The fraction of sp³-hybridized carbons (Fsp3) is 0.300. The molecule has 6 heteroatoms. The average molecular weight is 369 g/mol. The van der Waals surface area contributed by atoms with Gasteiger partial charge < -0.3 is 14.6 Å². The van der Waals surface area contributed by atoms with Gasteiger partial charge >= 0.3 is 0 Å². The number of nitrogens with zero attached hydrogens (tertiary/aromatic N) is 2. The van der Waals surface area contributed by atoms with Gasteiger partial charge in [0.05, 0.1) is 12.3 Å². The highest BCUT2D eigenvalue weighted by atomic mass is 32.1. The SMILES string of the molecule is CCCCOc1ccc(CNC(=O)c2sc(-n3cccc3)nc2C)cc1. The maximum absolute atomic E-state index is 12.5. The minimum absolute atomic E-state index is 0.0957. The molecule has 0 radical (unpaired) electrons. The molecule has 0 saturated carbocycles. The first-order chi connectivity index (χ1) is 12.7. The van der Waals surface area contributed by atoms with E-state index >= 15 is 0 Å². The number of rotatable bonds is 8. The van der Waals surface area contributed by atoms with Crippen LogP contribution in [0.5, 0.6) is 5.75 Å². The quantitative estimate of drug-likeness (QED) is 0.601. The van der Waals surface area contributed by atoms with E-state index in [1.807, 2.05) is 60.3 Å². The molecule has 0 aliphatic rings. The summed E-state index contributed by atoms with van der Waals surface area (Å²) in [5, 5.41) is 3.77. The van der Waals surface area contributed by atoms with Crippen LogP contribution in [0, 0.1) is 6.92 Å². The highest BCUT2D eigenvalue weighted by molar-refractivity contribution is 7.16. The number of nitrogens with one attached hydrogen (secondary N) is 1. The molecule has 5 nitrogen and oxygen atoms in total. The second-order valence-electron chi connectivity index (χ2n) is 6.03. The Morgan fingerprint density at radius 1 is 1.23 bits per heavy atom. The van der Waals surface area contributed by atoms with Gasteiger partial charge in [-0.3, -0.25) is 4.79 Å². The van der Waals surface area contributed by atoms with Gasteiger partial charge in [-0.15, -0.1) is 0 Å². The van der Waals surface area contributed by atoms with Crippen molar-refractivity contribution < 1.29 is 9.53 Å². The van der Waals surface area contributed by atoms with Gasteiger partial charge in [-0.05, 0) is 43.2 Å². The molecule has 3 aromatic rings. The fourth-order valence-corrected chi connectivity index (χ4v) is 3.42. The Balaban J connectivity index is 1.57. The maximum atomic E-state index is 12.5. The summed E-state index contributed by atoms with van der Waals surface area (Å²) in [6.07, 6.45) is 6.01. The molecular weight excluding hydrogens is 346 g/mol. The molecule has 0 fully saturated rings. The Hall–Kier alpha value is -2.60. The summed E-state index contributed by atoms with van der Waals surface area (Å²) in [5.74, 6) is 0.768. The monoisotopic (exact) mass is 369 g/mol. The number of hydrogen-bond acceptors (Lipinski definition) is 4. The number of unbranched alkanes of at least 4 members (excludes halogenated alkanes) is 1. The van der Waals surface area contributed by atoms with Gasteiger partial charge in [-0.1, -0.05) is 36.8 Å². The highest BCUT2D eigenvalue weighted by Gasteiger charge is 2.15. The Labute approximate surface area is 157 Å². The van der Waals surface area contributed by atoms with Crippen molar-refractivity contribution in [3.05, 3.63) is 64.9 Å². The Kier molecular flexibility index (Phi) is 6.07. The Bertz CT molecular complexity index is 839. The summed E-state index contributed by atoms with van der Waals surface area (Å²) in [6.45, 7) is 5.22. The molecular formula is C20H23N3O2S. The molecule has 0 unspecified atom stereocenters. The van der Waals surface area contributed by atoms with Gasteiger partial charge in [0.15, 0.2) is 5.13 Å². The van der Waals surface area contributed by atoms with Gasteiger partial charge in [0.25, 0.3) is 5.91 Å². The molecule has 0 aliphatic carbocycles. The van der Waals surface area contributed by atoms with Crippen LogP contribution in [-0.2, 0) is 6.54 Å². The van der Waals surface area contributed by atoms with E-state index in [0.717, 1.165) is 41.6 Å². The van der Waals surface area contributed by atoms with Crippen LogP contribution in [0.2, 0.25) is 0 Å². The van der Waals surface area contributed by atoms with E-state index in [1.165, 1.54) is 11.3 Å². The minimum atomic E-state index is -0.0957. The first kappa shape index (κ1) is 18.2. The molecule has 0 atom stereocenters. The van der Waals surface area contributed by atoms with Gasteiger partial charge in [0, 0.05) is 18.9 Å². The highest BCUT2D eigenvalue weighted by Crippen LogP contribution is 2.22. The largest absolute Gasteiger partial charge is 0.494 e. The number of amides is 1. The number of carbonyl (C=O) groups excluding carboxylic acids is 1. The molecule has 1 aromatic carbocycles. The van der Waals surface area contributed by atoms with Crippen LogP contribution in [0.3, 0.4) is 0 Å². The van der Waals surface area contributed by atoms with Crippen LogP contribution < -0.4 is 10.1 Å². The Morgan fingerprint density at radius 2 is 1.96 bits per heavy atom. The van der Waals surface area contributed by atoms with E-state index in [1.54, 1.807) is 0 Å². The molecule has 2 aromatic heterocycles. The number of hydrogen-bond donors (Lipinski definition) is 1. The molecule has 0 saturated heterocycles. The van der Waals surface area contributed by atoms with Crippen LogP contribution in [0.4, 0.5) is 0 Å². The van der Waals surface area contributed by atoms with Gasteiger partial charge in [-0.2, -0.15) is 0 Å². The molecule has 1 amide bonds. The number of ether oxygens (including phenoxy) is 1. The Morgan fingerprint density at radius 3 is 2.65 bits per heavy atom. The first-order valence-electron chi connectivity index (χ1n) is 8.78. The third-order valence-corrected chi connectivity index (χ3v) is 5.13. The summed E-state index contributed by atoms with van der Waals surface area (Å²) in [6, 6.07) is 11.7. The summed E-state index contributed by atoms with van der Waals surface area (Å²) in [4.78, 5) is 17.6. The summed E-state index contributed by atoms with van der Waals surface area (Å²) in [7, 11) is 0. The van der Waals surface area contributed by atoms with Crippen LogP contribution in [-0.4, -0.2) is 22.1 Å². The van der Waals surface area contributed by atoms with Crippen molar-refractivity contribution in [2.45, 2.75) is 33.2 Å². The van der Waals surface area contributed by atoms with Gasteiger partial charge in [0.2, 0.25) is 0 Å². The smallest absolute Gasteiger partial charge is 0.263 e. The molecule has 2 heterocycles. The van der Waals surface area contributed by atoms with Crippen molar-refractivity contribution in [1.29, 1.82) is 0 Å². The lowest BCUT2D eigenvalue weighted by Gasteiger charge is -2.07. The standard InChI is InChI=1S/C20H23N3O2S/c1-3-4-13-25-17-9-7-16(8-10-17)14-21-19(24)18-15(2)22-20(26-18)23-11-5-6-12-23/h5-12H,3-4,13-14H2,1-2H3,(H,21,24). The van der Waals surface area contributed by atoms with E-state index < -0.39 is 0 Å². The summed E-state index contributed by atoms with van der Waals surface area (Å²) >= 11 is 1.39. The number of thiazole rings is 1. The predicted molar refractivity (Wildman–Crippen MR) is 104 cm³/mol. The first-order valence-corrected chi connectivity index (χ1v) is 9.59. The fourth-order valence-electron chi connectivity index (χ4n) is 2.47. The van der Waals surface area contributed by atoms with E-state index in [2.05, 4.69) is 17.2 Å². The second-order valence-corrected chi connectivity index (χ2v) is 7.01. The molecule has 0 bridgehead atoms. The van der Waals surface area contributed by atoms with Crippen molar-refractivity contribution in [2.24, 2.45) is 0 Å². The summed E-state index contributed by atoms with van der Waals surface area (Å²) in [5.41, 5.74) is 1.78. The van der Waals surface area contributed by atoms with Crippen molar-refractivity contribution in [3.63, 3.8) is 0 Å². The molecule has 136 valence electrons. The normalized spacial score (nSPS) is 10.7. The zero-order chi connectivity index (χ0) is 18.4. The minimum Gasteiger partial charge on any atom is -0.494 e. The third-order valence-electron chi connectivity index (χ3n) is 3.96. The van der Waals surface area contributed by atoms with Crippen LogP contribution in [0.25, 0.3) is 5.13 Å². The zero-order valence-electron chi connectivity index (χ0n) is 15.1. The molecule has 26 heavy (non-hydrogen) atoms. The zero-order valence-corrected chi connectivity index (χ0v) is 15.9. The molecule has 3 rings (SSSR count). The topological polar surface area (TPSA) is 56.1 Å². The lowest BCUT2D eigenvalue weighted by molar-refractivity contribution is 0.0954. The lowest BCUT2D eigenvalue weighted by atomic mass is 10.2. The van der Waals surface area contributed by atoms with E-state index in [9.17, 15) is 4.79 Å². The predicted octanol–water partition coefficient (Wildman–Crippen LogP) is 4.35. The number of carbonyl (C=O) groups is 1. The van der Waals surface area contributed by atoms with Crippen molar-refractivity contribution in [3.8, 4) is 10.9 Å². The van der Waals surface area contributed by atoms with Crippen LogP contribution >= 0.6 is 11.3 Å². The second kappa shape index (κ2) is 8.67. The lowest BCUT2D eigenvalue weighted by Crippen LogP contribution is -2.22. The number of benzene rings is 1. The van der Waals surface area contributed by atoms with Gasteiger partial charge in [-0.25, -0.2) is 4.98 Å². The van der Waals surface area contributed by atoms with Gasteiger partial charge in [0.1, 0.15) is 10.6 Å². The van der Waals surface area contributed by atoms with Crippen molar-refractivity contribution >= 4 is 17.2 Å². The third kappa shape index (κ3) is 4.52. The van der Waals surface area contributed by atoms with E-state index in [4.69, 9.17) is 4.74 Å². The van der Waals surface area contributed by atoms with Crippen LogP contribution in [0.1, 0.15) is 40.7 Å². The van der Waals surface area contributed by atoms with Crippen molar-refractivity contribution in [1.82, 2.24) is 14.9 Å². The number of aryl methyl sites for hydroxylation is 1. The van der Waals surface area contributed by atoms with Crippen LogP contribution in [0.15, 0.2) is 48.8 Å². The van der Waals surface area contributed by atoms with E-state index in [0.29, 0.717) is 11.4 Å². The van der Waals surface area contributed by atoms with E-state index in [-0.39, 0.29) is 5.91 Å².